The third kappa shape index (κ3) is 5.25. The van der Waals surface area contributed by atoms with E-state index in [1.54, 1.807) is 24.3 Å². The van der Waals surface area contributed by atoms with Gasteiger partial charge in [-0.15, -0.1) is 0 Å². The summed E-state index contributed by atoms with van der Waals surface area (Å²) in [5.74, 6) is -1.43. The number of aromatic nitrogens is 2. The molecule has 24 heavy (non-hydrogen) atoms. The highest BCUT2D eigenvalue weighted by atomic mass is 19.4. The molecule has 0 bridgehead atoms. The molecule has 2 aromatic rings. The Balaban J connectivity index is 1.97. The molecule has 0 saturated carbocycles. The first-order valence-electron chi connectivity index (χ1n) is 7.11. The maximum atomic E-state index is 12.4. The lowest BCUT2D eigenvalue weighted by Crippen LogP contribution is -2.43. The number of benzene rings is 1. The van der Waals surface area contributed by atoms with Crippen LogP contribution in [-0.2, 0) is 12.6 Å². The second-order valence-electron chi connectivity index (χ2n) is 6.22. The van der Waals surface area contributed by atoms with Crippen LogP contribution in [0.2, 0.25) is 0 Å². The molecule has 1 aromatic carbocycles. The number of nitrogens with one attached hydrogen (secondary N) is 2. The summed E-state index contributed by atoms with van der Waals surface area (Å²) < 4.78 is 41.3. The monoisotopic (exact) mass is 342 g/mol. The van der Waals surface area contributed by atoms with Crippen LogP contribution in [0.3, 0.4) is 0 Å². The van der Waals surface area contributed by atoms with Gasteiger partial charge in [-0.3, -0.25) is 0 Å². The molecule has 0 fully saturated rings. The van der Waals surface area contributed by atoms with Crippen molar-refractivity contribution in [3.63, 3.8) is 0 Å². The fourth-order valence-electron chi connectivity index (χ4n) is 1.83. The molecule has 0 aliphatic heterocycles. The van der Waals surface area contributed by atoms with E-state index in [-0.39, 0.29) is 23.8 Å². The Morgan fingerprint density at radius 1 is 1.17 bits per heavy atom. The van der Waals surface area contributed by atoms with Crippen molar-refractivity contribution in [1.29, 1.82) is 0 Å². The van der Waals surface area contributed by atoms with Gasteiger partial charge in [0, 0.05) is 17.6 Å². The Labute approximate surface area is 136 Å². The molecular formula is C15H17F3N4O2. The summed E-state index contributed by atoms with van der Waals surface area (Å²) in [4.78, 5) is 15.0. The molecule has 2 amide bonds. The Hall–Kier alpha value is -2.58. The number of carbonyl (C=O) groups excluding carboxylic acids is 1. The first-order chi connectivity index (χ1) is 11.0. The molecule has 0 unspecified atom stereocenters. The summed E-state index contributed by atoms with van der Waals surface area (Å²) in [7, 11) is 0. The SMILES string of the molecule is CC(C)(C)NC(=O)Nc1ccc(Cc2noc(C(F)(F)F)n2)cc1. The number of carbonyl (C=O) groups is 1. The van der Waals surface area contributed by atoms with Crippen molar-refractivity contribution >= 4 is 11.7 Å². The molecule has 6 nitrogen and oxygen atoms in total. The molecule has 0 saturated heterocycles. The molecule has 0 radical (unpaired) electrons. The van der Waals surface area contributed by atoms with Crippen molar-refractivity contribution in [1.82, 2.24) is 15.5 Å². The number of anilines is 1. The van der Waals surface area contributed by atoms with Gasteiger partial charge in [-0.2, -0.15) is 18.2 Å². The normalized spacial score (nSPS) is 12.1. The number of nitrogens with zero attached hydrogens (tertiary/aromatic N) is 2. The molecule has 9 heteroatoms. The fraction of sp³-hybridized carbons (Fsp3) is 0.400. The minimum absolute atomic E-state index is 0.0616. The minimum atomic E-state index is -4.65. The number of alkyl halides is 3. The lowest BCUT2D eigenvalue weighted by Gasteiger charge is -2.20. The highest BCUT2D eigenvalue weighted by molar-refractivity contribution is 5.89. The zero-order valence-electron chi connectivity index (χ0n) is 13.4. The van der Waals surface area contributed by atoms with Crippen molar-refractivity contribution in [3.8, 4) is 0 Å². The molecule has 0 spiro atoms. The number of hydrogen-bond acceptors (Lipinski definition) is 4. The summed E-state index contributed by atoms with van der Waals surface area (Å²) in [5, 5.41) is 8.72. The average Bonchev–Trinajstić information content (AvgIpc) is 2.87. The first-order valence-corrected chi connectivity index (χ1v) is 7.11. The topological polar surface area (TPSA) is 80.0 Å². The molecule has 1 heterocycles. The van der Waals surface area contributed by atoms with Crippen molar-refractivity contribution in [2.45, 2.75) is 38.9 Å². The third-order valence-electron chi connectivity index (χ3n) is 2.77. The van der Waals surface area contributed by atoms with E-state index in [1.807, 2.05) is 20.8 Å². The number of rotatable bonds is 3. The van der Waals surface area contributed by atoms with Gasteiger partial charge < -0.3 is 15.2 Å². The zero-order chi connectivity index (χ0) is 18.0. The predicted molar refractivity (Wildman–Crippen MR) is 80.5 cm³/mol. The molecule has 0 aliphatic carbocycles. The highest BCUT2D eigenvalue weighted by Crippen LogP contribution is 2.27. The second-order valence-corrected chi connectivity index (χ2v) is 6.22. The number of hydrogen-bond donors (Lipinski definition) is 2. The van der Waals surface area contributed by atoms with Gasteiger partial charge in [0.05, 0.1) is 0 Å². The summed E-state index contributed by atoms with van der Waals surface area (Å²) in [6, 6.07) is 6.26. The summed E-state index contributed by atoms with van der Waals surface area (Å²) in [6.45, 7) is 5.57. The van der Waals surface area contributed by atoms with Gasteiger partial charge in [-0.25, -0.2) is 4.79 Å². The van der Waals surface area contributed by atoms with Crippen molar-refractivity contribution in [2.24, 2.45) is 0 Å². The van der Waals surface area contributed by atoms with Gasteiger partial charge in [0.15, 0.2) is 5.82 Å². The average molecular weight is 342 g/mol. The number of urea groups is 1. The summed E-state index contributed by atoms with van der Waals surface area (Å²) in [5.41, 5.74) is 0.884. The quantitative estimate of drug-likeness (QED) is 0.893. The largest absolute Gasteiger partial charge is 0.471 e. The lowest BCUT2D eigenvalue weighted by molar-refractivity contribution is -0.159. The Morgan fingerprint density at radius 2 is 1.79 bits per heavy atom. The van der Waals surface area contributed by atoms with Gasteiger partial charge in [0.2, 0.25) is 0 Å². The molecule has 1 aromatic heterocycles. The van der Waals surface area contributed by atoms with Crippen LogP contribution in [0.25, 0.3) is 0 Å². The van der Waals surface area contributed by atoms with E-state index < -0.39 is 12.1 Å². The molecule has 130 valence electrons. The molecular weight excluding hydrogens is 325 g/mol. The number of amides is 2. The predicted octanol–water partition coefficient (Wildman–Crippen LogP) is 3.60. The minimum Gasteiger partial charge on any atom is -0.333 e. The van der Waals surface area contributed by atoms with E-state index in [1.165, 1.54) is 0 Å². The highest BCUT2D eigenvalue weighted by Gasteiger charge is 2.38. The molecule has 2 N–H and O–H groups in total. The Bertz CT molecular complexity index is 703. The smallest absolute Gasteiger partial charge is 0.333 e. The maximum Gasteiger partial charge on any atom is 0.471 e. The Morgan fingerprint density at radius 3 is 2.29 bits per heavy atom. The van der Waals surface area contributed by atoms with Crippen LogP contribution in [0.5, 0.6) is 0 Å². The van der Waals surface area contributed by atoms with E-state index in [9.17, 15) is 18.0 Å². The Kier molecular flexibility index (Phi) is 4.81. The van der Waals surface area contributed by atoms with Gasteiger partial charge in [0.1, 0.15) is 0 Å². The van der Waals surface area contributed by atoms with Crippen LogP contribution in [0, 0.1) is 0 Å². The van der Waals surface area contributed by atoms with Crippen LogP contribution in [0.4, 0.5) is 23.7 Å². The number of halogens is 3. The van der Waals surface area contributed by atoms with E-state index >= 15 is 0 Å². The summed E-state index contributed by atoms with van der Waals surface area (Å²) in [6.07, 6.45) is -4.56. The van der Waals surface area contributed by atoms with E-state index in [2.05, 4.69) is 25.3 Å². The first kappa shape index (κ1) is 17.8. The van der Waals surface area contributed by atoms with Crippen LogP contribution in [-0.4, -0.2) is 21.7 Å². The van der Waals surface area contributed by atoms with Crippen LogP contribution < -0.4 is 10.6 Å². The third-order valence-corrected chi connectivity index (χ3v) is 2.77. The molecule has 2 rings (SSSR count). The van der Waals surface area contributed by atoms with E-state index in [0.717, 1.165) is 0 Å². The van der Waals surface area contributed by atoms with E-state index in [0.29, 0.717) is 11.3 Å². The van der Waals surface area contributed by atoms with Gasteiger partial charge in [0.25, 0.3) is 0 Å². The molecule has 0 atom stereocenters. The maximum absolute atomic E-state index is 12.4. The van der Waals surface area contributed by atoms with Crippen LogP contribution in [0.15, 0.2) is 28.8 Å². The van der Waals surface area contributed by atoms with Crippen molar-refractivity contribution < 1.29 is 22.5 Å². The standard InChI is InChI=1S/C15H17F3N4O2/c1-14(2,3)21-13(23)19-10-6-4-9(5-7-10)8-11-20-12(24-22-11)15(16,17)18/h4-7H,8H2,1-3H3,(H2,19,21,23). The van der Waals surface area contributed by atoms with Crippen LogP contribution in [0.1, 0.15) is 38.0 Å². The fourth-order valence-corrected chi connectivity index (χ4v) is 1.83. The van der Waals surface area contributed by atoms with Gasteiger partial charge in [-0.1, -0.05) is 17.3 Å². The second kappa shape index (κ2) is 6.50. The molecule has 0 aliphatic rings. The lowest BCUT2D eigenvalue weighted by atomic mass is 10.1. The van der Waals surface area contributed by atoms with E-state index in [4.69, 9.17) is 0 Å². The van der Waals surface area contributed by atoms with Crippen molar-refractivity contribution in [3.05, 3.63) is 41.5 Å². The van der Waals surface area contributed by atoms with Crippen molar-refractivity contribution in [2.75, 3.05) is 5.32 Å². The van der Waals surface area contributed by atoms with Crippen LogP contribution >= 0.6 is 0 Å². The summed E-state index contributed by atoms with van der Waals surface area (Å²) >= 11 is 0. The van der Waals surface area contributed by atoms with Gasteiger partial charge >= 0.3 is 18.1 Å². The zero-order valence-corrected chi connectivity index (χ0v) is 13.4. The van der Waals surface area contributed by atoms with Gasteiger partial charge in [-0.05, 0) is 38.5 Å².